The van der Waals surface area contributed by atoms with Crippen LogP contribution in [0.4, 0.5) is 0 Å². The lowest BCUT2D eigenvalue weighted by atomic mass is 10.0. The maximum atomic E-state index is 5.70. The van der Waals surface area contributed by atoms with E-state index in [9.17, 15) is 0 Å². The maximum absolute atomic E-state index is 5.70. The van der Waals surface area contributed by atoms with E-state index in [1.807, 2.05) is 6.92 Å². The van der Waals surface area contributed by atoms with Crippen LogP contribution in [-0.4, -0.2) is 32.0 Å². The van der Waals surface area contributed by atoms with Gasteiger partial charge in [0.25, 0.3) is 0 Å². The van der Waals surface area contributed by atoms with Crippen molar-refractivity contribution in [2.24, 2.45) is 5.73 Å². The van der Waals surface area contributed by atoms with E-state index in [1.54, 1.807) is 7.11 Å². The number of hydrogen-bond acceptors (Lipinski definition) is 3. The van der Waals surface area contributed by atoms with E-state index < -0.39 is 0 Å². The van der Waals surface area contributed by atoms with Crippen molar-refractivity contribution >= 4 is 0 Å². The quantitative estimate of drug-likeness (QED) is 0.570. The Kier molecular flexibility index (Phi) is 2.65. The average Bonchev–Trinajstić information content (AvgIpc) is 1.94. The number of methoxy groups -OCH3 is 1. The molecule has 1 rings (SSSR count). The van der Waals surface area contributed by atoms with Crippen molar-refractivity contribution < 1.29 is 9.47 Å². The summed E-state index contributed by atoms with van der Waals surface area (Å²) in [6.45, 7) is 2.66. The van der Waals surface area contributed by atoms with Crippen LogP contribution in [0.2, 0.25) is 0 Å². The van der Waals surface area contributed by atoms with E-state index in [1.165, 1.54) is 0 Å². The summed E-state index contributed by atoms with van der Waals surface area (Å²) in [5.41, 5.74) is 5.70. The molecule has 3 nitrogen and oxygen atoms in total. The van der Waals surface area contributed by atoms with Crippen molar-refractivity contribution in [1.82, 2.24) is 0 Å². The highest BCUT2D eigenvalue weighted by molar-refractivity contribution is 4.79. The number of rotatable bonds is 1. The van der Waals surface area contributed by atoms with Gasteiger partial charge in [-0.15, -0.1) is 0 Å². The molecule has 0 aromatic heterocycles. The first-order valence-corrected chi connectivity index (χ1v) is 3.64. The van der Waals surface area contributed by atoms with Crippen LogP contribution < -0.4 is 5.73 Å². The van der Waals surface area contributed by atoms with Crippen LogP contribution in [0.5, 0.6) is 0 Å². The molecule has 2 N–H and O–H groups in total. The van der Waals surface area contributed by atoms with E-state index in [2.05, 4.69) is 0 Å². The van der Waals surface area contributed by atoms with Crippen LogP contribution in [0, 0.1) is 0 Å². The summed E-state index contributed by atoms with van der Waals surface area (Å²) >= 11 is 0. The molecular formula is C7H15NO2. The molecule has 1 saturated heterocycles. The first-order chi connectivity index (χ1) is 4.74. The Bertz CT molecular complexity index is 108. The highest BCUT2D eigenvalue weighted by Crippen LogP contribution is 2.14. The molecule has 3 unspecified atom stereocenters. The van der Waals surface area contributed by atoms with Gasteiger partial charge in [0.15, 0.2) is 0 Å². The second-order valence-electron chi connectivity index (χ2n) is 2.82. The topological polar surface area (TPSA) is 44.5 Å². The summed E-state index contributed by atoms with van der Waals surface area (Å²) in [4.78, 5) is 0. The van der Waals surface area contributed by atoms with Gasteiger partial charge < -0.3 is 15.2 Å². The van der Waals surface area contributed by atoms with Gasteiger partial charge in [0.05, 0.1) is 24.9 Å². The van der Waals surface area contributed by atoms with Gasteiger partial charge in [-0.05, 0) is 6.92 Å². The predicted octanol–water partition coefficient (Wildman–Crippen LogP) is 0.138. The zero-order valence-electron chi connectivity index (χ0n) is 6.54. The van der Waals surface area contributed by atoms with Crippen molar-refractivity contribution in [3.63, 3.8) is 0 Å². The lowest BCUT2D eigenvalue weighted by Gasteiger charge is -2.31. The summed E-state index contributed by atoms with van der Waals surface area (Å²) in [7, 11) is 1.70. The maximum Gasteiger partial charge on any atom is 0.0769 e. The zero-order valence-corrected chi connectivity index (χ0v) is 6.54. The van der Waals surface area contributed by atoms with Gasteiger partial charge in [-0.1, -0.05) is 0 Å². The molecule has 1 aliphatic rings. The molecule has 3 atom stereocenters. The summed E-state index contributed by atoms with van der Waals surface area (Å²) < 4.78 is 10.5. The smallest absolute Gasteiger partial charge is 0.0769 e. The van der Waals surface area contributed by atoms with Gasteiger partial charge in [-0.3, -0.25) is 0 Å². The third-order valence-electron chi connectivity index (χ3n) is 1.92. The lowest BCUT2D eigenvalue weighted by Crippen LogP contribution is -2.46. The first kappa shape index (κ1) is 7.98. The minimum Gasteiger partial charge on any atom is -0.380 e. The third-order valence-corrected chi connectivity index (χ3v) is 1.92. The molecule has 0 radical (unpaired) electrons. The fourth-order valence-electron chi connectivity index (χ4n) is 1.22. The molecule has 1 aliphatic heterocycles. The van der Waals surface area contributed by atoms with Crippen molar-refractivity contribution in [2.45, 2.75) is 31.6 Å². The number of hydrogen-bond donors (Lipinski definition) is 1. The van der Waals surface area contributed by atoms with Crippen LogP contribution >= 0.6 is 0 Å². The highest BCUT2D eigenvalue weighted by Gasteiger charge is 2.25. The second-order valence-corrected chi connectivity index (χ2v) is 2.82. The van der Waals surface area contributed by atoms with Crippen LogP contribution in [0.25, 0.3) is 0 Å². The number of nitrogens with two attached hydrogens (primary N) is 1. The van der Waals surface area contributed by atoms with Crippen molar-refractivity contribution in [2.75, 3.05) is 13.7 Å². The second kappa shape index (κ2) is 3.32. The SMILES string of the molecule is COC1CC(C)OCC1N. The van der Waals surface area contributed by atoms with Crippen molar-refractivity contribution in [3.05, 3.63) is 0 Å². The lowest BCUT2D eigenvalue weighted by molar-refractivity contribution is -0.0639. The molecule has 3 heteroatoms. The van der Waals surface area contributed by atoms with Gasteiger partial charge in [-0.25, -0.2) is 0 Å². The molecule has 0 saturated carbocycles. The largest absolute Gasteiger partial charge is 0.380 e. The zero-order chi connectivity index (χ0) is 7.56. The molecular weight excluding hydrogens is 130 g/mol. The monoisotopic (exact) mass is 145 g/mol. The molecule has 1 fully saturated rings. The first-order valence-electron chi connectivity index (χ1n) is 3.64. The molecule has 0 aliphatic carbocycles. The van der Waals surface area contributed by atoms with Gasteiger partial charge in [0.1, 0.15) is 0 Å². The molecule has 1 heterocycles. The fourth-order valence-corrected chi connectivity index (χ4v) is 1.22. The van der Waals surface area contributed by atoms with Gasteiger partial charge in [0, 0.05) is 13.5 Å². The molecule has 60 valence electrons. The van der Waals surface area contributed by atoms with Gasteiger partial charge in [0.2, 0.25) is 0 Å². The molecule has 0 amide bonds. The fraction of sp³-hybridized carbons (Fsp3) is 1.00. The Hall–Kier alpha value is -0.120. The molecule has 0 aromatic rings. The Morgan fingerprint density at radius 3 is 2.80 bits per heavy atom. The third kappa shape index (κ3) is 1.68. The van der Waals surface area contributed by atoms with Crippen LogP contribution in [0.1, 0.15) is 13.3 Å². The Labute approximate surface area is 61.5 Å². The van der Waals surface area contributed by atoms with Crippen molar-refractivity contribution in [1.29, 1.82) is 0 Å². The van der Waals surface area contributed by atoms with Gasteiger partial charge in [-0.2, -0.15) is 0 Å². The standard InChI is InChI=1S/C7H15NO2/c1-5-3-7(9-2)6(8)4-10-5/h5-7H,3-4,8H2,1-2H3. The highest BCUT2D eigenvalue weighted by atomic mass is 16.5. The normalized spacial score (nSPS) is 41.7. The van der Waals surface area contributed by atoms with Crippen LogP contribution in [-0.2, 0) is 9.47 Å². The van der Waals surface area contributed by atoms with E-state index in [0.717, 1.165) is 6.42 Å². The van der Waals surface area contributed by atoms with E-state index in [-0.39, 0.29) is 12.1 Å². The minimum absolute atomic E-state index is 0.0567. The average molecular weight is 145 g/mol. The van der Waals surface area contributed by atoms with Gasteiger partial charge >= 0.3 is 0 Å². The Morgan fingerprint density at radius 1 is 1.60 bits per heavy atom. The van der Waals surface area contributed by atoms with Crippen LogP contribution in [0.15, 0.2) is 0 Å². The molecule has 0 bridgehead atoms. The number of ether oxygens (including phenoxy) is 2. The summed E-state index contributed by atoms with van der Waals surface area (Å²) in [5.74, 6) is 0. The molecule has 0 spiro atoms. The van der Waals surface area contributed by atoms with E-state index in [4.69, 9.17) is 15.2 Å². The summed E-state index contributed by atoms with van der Waals surface area (Å²) in [6, 6.07) is 0.0567. The summed E-state index contributed by atoms with van der Waals surface area (Å²) in [5, 5.41) is 0. The Balaban J connectivity index is 2.38. The Morgan fingerprint density at radius 2 is 2.30 bits per heavy atom. The molecule has 0 aromatic carbocycles. The summed E-state index contributed by atoms with van der Waals surface area (Å²) in [6.07, 6.45) is 1.39. The molecule has 10 heavy (non-hydrogen) atoms. The van der Waals surface area contributed by atoms with E-state index in [0.29, 0.717) is 12.7 Å². The predicted molar refractivity (Wildman–Crippen MR) is 38.8 cm³/mol. The minimum atomic E-state index is 0.0567. The van der Waals surface area contributed by atoms with Crippen LogP contribution in [0.3, 0.4) is 0 Å². The van der Waals surface area contributed by atoms with Crippen molar-refractivity contribution in [3.8, 4) is 0 Å². The van der Waals surface area contributed by atoms with E-state index >= 15 is 0 Å².